The van der Waals surface area contributed by atoms with Crippen molar-refractivity contribution < 1.29 is 9.59 Å². The Morgan fingerprint density at radius 3 is 2.60 bits per heavy atom. The highest BCUT2D eigenvalue weighted by molar-refractivity contribution is 9.10. The van der Waals surface area contributed by atoms with Crippen LogP contribution in [0.4, 0.5) is 0 Å². The van der Waals surface area contributed by atoms with Gasteiger partial charge in [0.05, 0.1) is 0 Å². The number of fused-ring (bicyclic) bond motifs is 1. The molecule has 5 nitrogen and oxygen atoms in total. The van der Waals surface area contributed by atoms with Gasteiger partial charge in [-0.3, -0.25) is 9.59 Å². The lowest BCUT2D eigenvalue weighted by Gasteiger charge is -2.26. The van der Waals surface area contributed by atoms with E-state index in [1.54, 1.807) is 0 Å². The van der Waals surface area contributed by atoms with E-state index in [4.69, 9.17) is 0 Å². The molecule has 2 heterocycles. The molecule has 6 heteroatoms. The lowest BCUT2D eigenvalue weighted by atomic mass is 10.1. The number of likely N-dealkylation sites (tertiary alicyclic amines) is 1. The highest BCUT2D eigenvalue weighted by Gasteiger charge is 2.18. The number of nitrogens with one attached hydrogen (secondary N) is 1. The van der Waals surface area contributed by atoms with Crippen LogP contribution in [0, 0.1) is 6.92 Å². The molecule has 1 N–H and O–H groups in total. The topological polar surface area (TPSA) is 54.3 Å². The molecular weight excluding hydrogens is 442 g/mol. The average Bonchev–Trinajstić information content (AvgIpc) is 3.03. The zero-order valence-corrected chi connectivity index (χ0v) is 18.7. The number of carbonyl (C=O) groups is 2. The van der Waals surface area contributed by atoms with Gasteiger partial charge in [0.2, 0.25) is 5.91 Å². The first-order chi connectivity index (χ1) is 14.5. The molecule has 0 radical (unpaired) electrons. The molecule has 0 atom stereocenters. The maximum absolute atomic E-state index is 12.7. The van der Waals surface area contributed by atoms with Crippen molar-refractivity contribution in [3.63, 3.8) is 0 Å². The average molecular weight is 468 g/mol. The van der Waals surface area contributed by atoms with Gasteiger partial charge in [-0.05, 0) is 65.9 Å². The molecule has 156 valence electrons. The molecule has 3 aromatic rings. The van der Waals surface area contributed by atoms with Gasteiger partial charge in [0, 0.05) is 46.3 Å². The Morgan fingerprint density at radius 2 is 1.80 bits per heavy atom. The molecule has 1 aromatic heterocycles. The van der Waals surface area contributed by atoms with E-state index >= 15 is 0 Å². The van der Waals surface area contributed by atoms with Crippen molar-refractivity contribution in [3.05, 3.63) is 69.8 Å². The SMILES string of the molecule is Cc1c(Br)c2ccccc2n1CC(=O)NCc1cccc(C(=O)N2CCCCC2)c1. The van der Waals surface area contributed by atoms with Gasteiger partial charge >= 0.3 is 0 Å². The van der Waals surface area contributed by atoms with Gasteiger partial charge < -0.3 is 14.8 Å². The summed E-state index contributed by atoms with van der Waals surface area (Å²) in [6.45, 7) is 4.33. The number of aromatic nitrogens is 1. The van der Waals surface area contributed by atoms with Crippen LogP contribution in [0.5, 0.6) is 0 Å². The second-order valence-electron chi connectivity index (χ2n) is 7.83. The standard InChI is InChI=1S/C24H26BrN3O2/c1-17-23(25)20-10-3-4-11-21(20)28(17)16-22(29)26-15-18-8-7-9-19(14-18)24(30)27-12-5-2-6-13-27/h3-4,7-11,14H,2,5-6,12-13,15-16H2,1H3,(H,26,29). The predicted molar refractivity (Wildman–Crippen MR) is 122 cm³/mol. The van der Waals surface area contributed by atoms with Crippen LogP contribution in [0.3, 0.4) is 0 Å². The number of rotatable bonds is 5. The summed E-state index contributed by atoms with van der Waals surface area (Å²) in [6, 6.07) is 15.6. The Hall–Kier alpha value is -2.60. The van der Waals surface area contributed by atoms with E-state index in [-0.39, 0.29) is 18.4 Å². The molecule has 1 aliphatic heterocycles. The Bertz CT molecular complexity index is 1080. The second kappa shape index (κ2) is 9.04. The summed E-state index contributed by atoms with van der Waals surface area (Å²) in [5, 5.41) is 4.10. The van der Waals surface area contributed by atoms with E-state index in [1.165, 1.54) is 6.42 Å². The number of para-hydroxylation sites is 1. The molecule has 0 aliphatic carbocycles. The summed E-state index contributed by atoms with van der Waals surface area (Å²) >= 11 is 3.63. The molecule has 1 aliphatic rings. The van der Waals surface area contributed by atoms with E-state index in [0.29, 0.717) is 12.1 Å². The largest absolute Gasteiger partial charge is 0.350 e. The Kier molecular flexibility index (Phi) is 6.23. The van der Waals surface area contributed by atoms with Crippen molar-refractivity contribution in [2.45, 2.75) is 39.3 Å². The molecular formula is C24H26BrN3O2. The maximum Gasteiger partial charge on any atom is 0.253 e. The summed E-state index contributed by atoms with van der Waals surface area (Å²) in [5.41, 5.74) is 3.69. The van der Waals surface area contributed by atoms with Crippen LogP contribution in [0.1, 0.15) is 40.9 Å². The molecule has 2 aromatic carbocycles. The van der Waals surface area contributed by atoms with Gasteiger partial charge in [0.1, 0.15) is 6.54 Å². The third-order valence-corrected chi connectivity index (χ3v) is 6.76. The van der Waals surface area contributed by atoms with Gasteiger partial charge in [-0.2, -0.15) is 0 Å². The number of nitrogens with zero attached hydrogens (tertiary/aromatic N) is 2. The van der Waals surface area contributed by atoms with Crippen LogP contribution >= 0.6 is 15.9 Å². The van der Waals surface area contributed by atoms with Gasteiger partial charge in [0.25, 0.3) is 5.91 Å². The molecule has 4 rings (SSSR count). The van der Waals surface area contributed by atoms with E-state index in [0.717, 1.165) is 52.6 Å². The minimum atomic E-state index is -0.0564. The third kappa shape index (κ3) is 4.29. The number of benzene rings is 2. The zero-order valence-electron chi connectivity index (χ0n) is 17.2. The number of carbonyl (C=O) groups excluding carboxylic acids is 2. The van der Waals surface area contributed by atoms with Crippen LogP contribution in [-0.2, 0) is 17.9 Å². The minimum Gasteiger partial charge on any atom is -0.350 e. The van der Waals surface area contributed by atoms with Crippen molar-refractivity contribution in [1.29, 1.82) is 0 Å². The summed E-state index contributed by atoms with van der Waals surface area (Å²) < 4.78 is 3.04. The smallest absolute Gasteiger partial charge is 0.253 e. The monoisotopic (exact) mass is 467 g/mol. The summed E-state index contributed by atoms with van der Waals surface area (Å²) in [7, 11) is 0. The Labute approximate surface area is 185 Å². The van der Waals surface area contributed by atoms with Crippen LogP contribution in [0.25, 0.3) is 10.9 Å². The fourth-order valence-corrected chi connectivity index (χ4v) is 4.64. The predicted octanol–water partition coefficient (Wildman–Crippen LogP) is 4.65. The Morgan fingerprint density at radius 1 is 1.03 bits per heavy atom. The van der Waals surface area contributed by atoms with Crippen molar-refractivity contribution in [1.82, 2.24) is 14.8 Å². The maximum atomic E-state index is 12.7. The first kappa shape index (κ1) is 20.7. The summed E-state index contributed by atoms with van der Waals surface area (Å²) in [4.78, 5) is 27.3. The summed E-state index contributed by atoms with van der Waals surface area (Å²) in [6.07, 6.45) is 3.35. The number of piperidine rings is 1. The molecule has 30 heavy (non-hydrogen) atoms. The first-order valence-corrected chi connectivity index (χ1v) is 11.2. The number of amides is 2. The van der Waals surface area contributed by atoms with Crippen molar-refractivity contribution in [3.8, 4) is 0 Å². The summed E-state index contributed by atoms with van der Waals surface area (Å²) in [5.74, 6) is 0.0290. The third-order valence-electron chi connectivity index (χ3n) is 5.76. The minimum absolute atomic E-state index is 0.0564. The van der Waals surface area contributed by atoms with E-state index < -0.39 is 0 Å². The quantitative estimate of drug-likeness (QED) is 0.593. The number of hydrogen-bond donors (Lipinski definition) is 1. The van der Waals surface area contributed by atoms with Gasteiger partial charge in [-0.1, -0.05) is 30.3 Å². The highest BCUT2D eigenvalue weighted by atomic mass is 79.9. The van der Waals surface area contributed by atoms with Crippen LogP contribution in [0.2, 0.25) is 0 Å². The van der Waals surface area contributed by atoms with Crippen LogP contribution in [-0.4, -0.2) is 34.4 Å². The van der Waals surface area contributed by atoms with E-state index in [2.05, 4.69) is 21.2 Å². The fourth-order valence-electron chi connectivity index (χ4n) is 4.09. The van der Waals surface area contributed by atoms with Crippen LogP contribution in [0.15, 0.2) is 53.0 Å². The first-order valence-electron chi connectivity index (χ1n) is 10.4. The molecule has 0 bridgehead atoms. The molecule has 2 amide bonds. The Balaban J connectivity index is 1.41. The van der Waals surface area contributed by atoms with Crippen molar-refractivity contribution >= 4 is 38.6 Å². The second-order valence-corrected chi connectivity index (χ2v) is 8.63. The normalized spacial score (nSPS) is 14.1. The molecule has 0 spiro atoms. The van der Waals surface area contributed by atoms with Gasteiger partial charge in [-0.15, -0.1) is 0 Å². The van der Waals surface area contributed by atoms with Crippen LogP contribution < -0.4 is 5.32 Å². The highest BCUT2D eigenvalue weighted by Crippen LogP contribution is 2.30. The molecule has 1 saturated heterocycles. The van der Waals surface area contributed by atoms with E-state index in [1.807, 2.05) is 64.9 Å². The number of halogens is 1. The van der Waals surface area contributed by atoms with Gasteiger partial charge in [0.15, 0.2) is 0 Å². The van der Waals surface area contributed by atoms with E-state index in [9.17, 15) is 9.59 Å². The molecule has 1 fully saturated rings. The molecule has 0 unspecified atom stereocenters. The lowest BCUT2D eigenvalue weighted by molar-refractivity contribution is -0.121. The lowest BCUT2D eigenvalue weighted by Crippen LogP contribution is -2.35. The fraction of sp³-hybridized carbons (Fsp3) is 0.333. The van der Waals surface area contributed by atoms with Gasteiger partial charge in [-0.25, -0.2) is 0 Å². The van der Waals surface area contributed by atoms with Crippen molar-refractivity contribution in [2.75, 3.05) is 13.1 Å². The number of hydrogen-bond acceptors (Lipinski definition) is 2. The van der Waals surface area contributed by atoms with Crippen molar-refractivity contribution in [2.24, 2.45) is 0 Å². The zero-order chi connectivity index (χ0) is 21.1. The molecule has 0 saturated carbocycles.